The summed E-state index contributed by atoms with van der Waals surface area (Å²) in [7, 11) is 1.29. The molecule has 2 aromatic carbocycles. The van der Waals surface area contributed by atoms with E-state index in [9.17, 15) is 18.8 Å². The van der Waals surface area contributed by atoms with Crippen molar-refractivity contribution in [1.82, 2.24) is 10.2 Å². The van der Waals surface area contributed by atoms with E-state index in [0.29, 0.717) is 30.0 Å². The number of nitrogens with one attached hydrogen (secondary N) is 1. The summed E-state index contributed by atoms with van der Waals surface area (Å²) in [5.41, 5.74) is 0.357. The molecule has 3 rings (SSSR count). The van der Waals surface area contributed by atoms with Crippen LogP contribution in [0, 0.1) is 5.82 Å². The lowest BCUT2D eigenvalue weighted by Gasteiger charge is -2.22. The van der Waals surface area contributed by atoms with E-state index in [1.165, 1.54) is 36.3 Å². The predicted octanol–water partition coefficient (Wildman–Crippen LogP) is 2.51. The van der Waals surface area contributed by atoms with Gasteiger partial charge < -0.3 is 19.7 Å². The minimum atomic E-state index is -0.590. The van der Waals surface area contributed by atoms with E-state index in [0.717, 1.165) is 6.42 Å². The smallest absolute Gasteiger partial charge is 0.328 e. The van der Waals surface area contributed by atoms with Crippen LogP contribution in [0.4, 0.5) is 4.39 Å². The molecule has 1 atom stereocenters. The lowest BCUT2D eigenvalue weighted by molar-refractivity contribution is -0.150. The zero-order valence-corrected chi connectivity index (χ0v) is 15.9. The Hall–Kier alpha value is -3.42. The van der Waals surface area contributed by atoms with Crippen molar-refractivity contribution < 1.29 is 28.2 Å². The number of hydrogen-bond donors (Lipinski definition) is 1. The second kappa shape index (κ2) is 9.18. The lowest BCUT2D eigenvalue weighted by Crippen LogP contribution is -2.45. The predicted molar refractivity (Wildman–Crippen MR) is 102 cm³/mol. The van der Waals surface area contributed by atoms with Crippen molar-refractivity contribution in [2.45, 2.75) is 18.9 Å². The number of esters is 1. The Morgan fingerprint density at radius 1 is 1.07 bits per heavy atom. The fourth-order valence-electron chi connectivity index (χ4n) is 3.12. The number of likely N-dealkylation sites (tertiary alicyclic amines) is 1. The van der Waals surface area contributed by atoms with Crippen molar-refractivity contribution in [3.05, 3.63) is 59.9 Å². The molecular weight excluding hydrogens is 379 g/mol. The Bertz CT molecular complexity index is 883. The van der Waals surface area contributed by atoms with Crippen molar-refractivity contribution in [3.63, 3.8) is 0 Å². The first-order valence-corrected chi connectivity index (χ1v) is 9.17. The number of halogens is 1. The number of methoxy groups -OCH3 is 1. The zero-order valence-electron chi connectivity index (χ0n) is 15.9. The van der Waals surface area contributed by atoms with E-state index < -0.39 is 17.9 Å². The average molecular weight is 400 g/mol. The van der Waals surface area contributed by atoms with E-state index in [4.69, 9.17) is 9.47 Å². The second-order valence-corrected chi connectivity index (χ2v) is 6.53. The van der Waals surface area contributed by atoms with E-state index in [-0.39, 0.29) is 18.3 Å². The van der Waals surface area contributed by atoms with Crippen LogP contribution in [0.5, 0.6) is 11.5 Å². The van der Waals surface area contributed by atoms with Gasteiger partial charge in [0.25, 0.3) is 5.91 Å². The number of carbonyl (C=O) groups is 3. The second-order valence-electron chi connectivity index (χ2n) is 6.53. The largest absolute Gasteiger partial charge is 0.467 e. The number of hydrogen-bond acceptors (Lipinski definition) is 5. The molecule has 29 heavy (non-hydrogen) atoms. The van der Waals surface area contributed by atoms with E-state index in [1.807, 2.05) is 0 Å². The molecule has 0 saturated carbocycles. The Kier molecular flexibility index (Phi) is 6.43. The molecule has 8 heteroatoms. The zero-order chi connectivity index (χ0) is 20.8. The highest BCUT2D eigenvalue weighted by molar-refractivity contribution is 5.97. The molecule has 1 unspecified atom stereocenters. The van der Waals surface area contributed by atoms with Crippen molar-refractivity contribution in [2.75, 3.05) is 20.2 Å². The van der Waals surface area contributed by atoms with E-state index in [1.54, 1.807) is 24.3 Å². The maximum atomic E-state index is 12.9. The third kappa shape index (κ3) is 5.10. The molecule has 2 amide bonds. The Labute approximate surface area is 167 Å². The van der Waals surface area contributed by atoms with Crippen LogP contribution in [0.2, 0.25) is 0 Å². The summed E-state index contributed by atoms with van der Waals surface area (Å²) < 4.78 is 23.2. The SMILES string of the molecule is COC(=O)C1CCCN1C(=O)CNC(=O)c1ccc(Oc2ccc(F)cc2)cc1. The van der Waals surface area contributed by atoms with Gasteiger partial charge in [0, 0.05) is 12.1 Å². The fourth-order valence-corrected chi connectivity index (χ4v) is 3.12. The van der Waals surface area contributed by atoms with Gasteiger partial charge in [-0.05, 0) is 61.4 Å². The monoisotopic (exact) mass is 400 g/mol. The lowest BCUT2D eigenvalue weighted by atomic mass is 10.2. The fraction of sp³-hybridized carbons (Fsp3) is 0.286. The van der Waals surface area contributed by atoms with Crippen molar-refractivity contribution in [2.24, 2.45) is 0 Å². The summed E-state index contributed by atoms with van der Waals surface area (Å²) in [5, 5.41) is 2.56. The molecule has 0 aromatic heterocycles. The summed E-state index contributed by atoms with van der Waals surface area (Å²) in [6.45, 7) is 0.254. The highest BCUT2D eigenvalue weighted by Crippen LogP contribution is 2.22. The van der Waals surface area contributed by atoms with Gasteiger partial charge in [0.15, 0.2) is 0 Å². The normalized spacial score (nSPS) is 15.7. The third-order valence-corrected chi connectivity index (χ3v) is 4.61. The highest BCUT2D eigenvalue weighted by Gasteiger charge is 2.34. The Balaban J connectivity index is 1.53. The van der Waals surface area contributed by atoms with Crippen LogP contribution < -0.4 is 10.1 Å². The standard InChI is InChI=1S/C21H21FN2O5/c1-28-21(27)18-3-2-12-24(18)19(25)13-23-20(26)14-4-8-16(9-5-14)29-17-10-6-15(22)7-11-17/h4-11,18H,2-3,12-13H2,1H3,(H,23,26). The summed E-state index contributed by atoms with van der Waals surface area (Å²) in [6, 6.07) is 11.3. The van der Waals surface area contributed by atoms with Gasteiger partial charge in [0.1, 0.15) is 23.4 Å². The van der Waals surface area contributed by atoms with Gasteiger partial charge in [0.05, 0.1) is 13.7 Å². The van der Waals surface area contributed by atoms with Crippen molar-refractivity contribution in [3.8, 4) is 11.5 Å². The quantitative estimate of drug-likeness (QED) is 0.754. The van der Waals surface area contributed by atoms with Crippen LogP contribution in [0.3, 0.4) is 0 Å². The number of ether oxygens (including phenoxy) is 2. The highest BCUT2D eigenvalue weighted by atomic mass is 19.1. The average Bonchev–Trinajstić information content (AvgIpc) is 3.23. The summed E-state index contributed by atoms with van der Waals surface area (Å²) in [6.07, 6.45) is 1.27. The Morgan fingerprint density at radius 3 is 2.31 bits per heavy atom. The minimum absolute atomic E-state index is 0.208. The van der Waals surface area contributed by atoms with E-state index >= 15 is 0 Å². The molecule has 1 saturated heterocycles. The molecule has 1 fully saturated rings. The van der Waals surface area contributed by atoms with Gasteiger partial charge in [-0.2, -0.15) is 0 Å². The molecule has 0 spiro atoms. The van der Waals surface area contributed by atoms with Gasteiger partial charge in [-0.25, -0.2) is 9.18 Å². The van der Waals surface area contributed by atoms with Crippen LogP contribution in [0.25, 0.3) is 0 Å². The van der Waals surface area contributed by atoms with Gasteiger partial charge in [-0.3, -0.25) is 9.59 Å². The maximum absolute atomic E-state index is 12.9. The number of nitrogens with zero attached hydrogens (tertiary/aromatic N) is 1. The van der Waals surface area contributed by atoms with Gasteiger partial charge in [-0.1, -0.05) is 0 Å². The summed E-state index contributed by atoms with van der Waals surface area (Å²) in [5.74, 6) is -0.588. The summed E-state index contributed by atoms with van der Waals surface area (Å²) in [4.78, 5) is 37.8. The maximum Gasteiger partial charge on any atom is 0.328 e. The van der Waals surface area contributed by atoms with Gasteiger partial charge >= 0.3 is 5.97 Å². The molecule has 1 heterocycles. The number of carbonyl (C=O) groups excluding carboxylic acids is 3. The van der Waals surface area contributed by atoms with Crippen LogP contribution in [-0.4, -0.2) is 48.9 Å². The first-order chi connectivity index (χ1) is 14.0. The molecule has 1 aliphatic heterocycles. The van der Waals surface area contributed by atoms with Crippen molar-refractivity contribution >= 4 is 17.8 Å². The van der Waals surface area contributed by atoms with Crippen LogP contribution in [-0.2, 0) is 14.3 Å². The molecule has 2 aromatic rings. The molecule has 0 aliphatic carbocycles. The Morgan fingerprint density at radius 2 is 1.69 bits per heavy atom. The van der Waals surface area contributed by atoms with Crippen LogP contribution in [0.15, 0.2) is 48.5 Å². The molecule has 0 bridgehead atoms. The molecule has 0 radical (unpaired) electrons. The summed E-state index contributed by atoms with van der Waals surface area (Å²) >= 11 is 0. The van der Waals surface area contributed by atoms with Crippen LogP contribution in [0.1, 0.15) is 23.2 Å². The van der Waals surface area contributed by atoms with Gasteiger partial charge in [0.2, 0.25) is 5.91 Å². The third-order valence-electron chi connectivity index (χ3n) is 4.61. The molecule has 1 N–H and O–H groups in total. The molecule has 152 valence electrons. The first kappa shape index (κ1) is 20.3. The number of benzene rings is 2. The van der Waals surface area contributed by atoms with E-state index in [2.05, 4.69) is 5.32 Å². The van der Waals surface area contributed by atoms with Gasteiger partial charge in [-0.15, -0.1) is 0 Å². The van der Waals surface area contributed by atoms with Crippen LogP contribution >= 0.6 is 0 Å². The topological polar surface area (TPSA) is 84.9 Å². The minimum Gasteiger partial charge on any atom is -0.467 e. The molecule has 1 aliphatic rings. The number of amides is 2. The van der Waals surface area contributed by atoms with Crippen molar-refractivity contribution in [1.29, 1.82) is 0 Å². The first-order valence-electron chi connectivity index (χ1n) is 9.17. The number of rotatable bonds is 6. The molecular formula is C21H21FN2O5. The molecule has 7 nitrogen and oxygen atoms in total.